The second-order valence-corrected chi connectivity index (χ2v) is 7.97. The van der Waals surface area contributed by atoms with Crippen molar-refractivity contribution in [2.75, 3.05) is 27.3 Å². The maximum atomic E-state index is 13.1. The van der Waals surface area contributed by atoms with Crippen LogP contribution in [0.3, 0.4) is 0 Å². The summed E-state index contributed by atoms with van der Waals surface area (Å²) in [6.45, 7) is 3.47. The molecule has 1 amide bonds. The highest BCUT2D eigenvalue weighted by Crippen LogP contribution is 2.31. The molecule has 1 aliphatic rings. The van der Waals surface area contributed by atoms with Crippen LogP contribution in [0, 0.1) is 6.92 Å². The molecule has 1 atom stereocenters. The lowest BCUT2D eigenvalue weighted by Crippen LogP contribution is -2.39. The number of rotatable bonds is 5. The van der Waals surface area contributed by atoms with E-state index in [1.165, 1.54) is 0 Å². The van der Waals surface area contributed by atoms with E-state index in [9.17, 15) is 4.79 Å². The zero-order chi connectivity index (χ0) is 21.8. The van der Waals surface area contributed by atoms with Gasteiger partial charge in [-0.25, -0.2) is 0 Å². The van der Waals surface area contributed by atoms with Crippen molar-refractivity contribution in [1.82, 2.24) is 9.88 Å². The number of hydrogen-bond acceptors (Lipinski definition) is 4. The number of carbonyl (C=O) groups is 1. The molecule has 0 spiro atoms. The van der Waals surface area contributed by atoms with Crippen LogP contribution in [0.2, 0.25) is 0 Å². The van der Waals surface area contributed by atoms with Crippen LogP contribution in [0.15, 0.2) is 60.7 Å². The van der Waals surface area contributed by atoms with E-state index < -0.39 is 0 Å². The molecule has 1 aromatic heterocycles. The number of aryl methyl sites for hydroxylation is 1. The second-order valence-electron chi connectivity index (χ2n) is 7.97. The molecule has 0 N–H and O–H groups in total. The third-order valence-electron chi connectivity index (χ3n) is 5.84. The first-order chi connectivity index (χ1) is 15.1. The van der Waals surface area contributed by atoms with E-state index in [0.29, 0.717) is 17.9 Å². The van der Waals surface area contributed by atoms with Crippen molar-refractivity contribution >= 4 is 5.91 Å². The normalized spacial score (nSPS) is 16.1. The summed E-state index contributed by atoms with van der Waals surface area (Å²) in [5.41, 5.74) is 4.97. The van der Waals surface area contributed by atoms with Crippen LogP contribution in [-0.2, 0) is 0 Å². The number of nitrogens with zero attached hydrogens (tertiary/aromatic N) is 2. The average Bonchev–Trinajstić information content (AvgIpc) is 2.83. The van der Waals surface area contributed by atoms with Crippen molar-refractivity contribution in [1.29, 1.82) is 0 Å². The first kappa shape index (κ1) is 20.9. The van der Waals surface area contributed by atoms with E-state index in [2.05, 4.69) is 24.3 Å². The van der Waals surface area contributed by atoms with Gasteiger partial charge in [-0.05, 0) is 73.4 Å². The van der Waals surface area contributed by atoms with Gasteiger partial charge in [-0.3, -0.25) is 9.78 Å². The van der Waals surface area contributed by atoms with E-state index in [-0.39, 0.29) is 11.8 Å². The van der Waals surface area contributed by atoms with Gasteiger partial charge >= 0.3 is 0 Å². The monoisotopic (exact) mass is 416 g/mol. The summed E-state index contributed by atoms with van der Waals surface area (Å²) in [4.78, 5) is 19.9. The Morgan fingerprint density at radius 1 is 0.968 bits per heavy atom. The molecule has 5 nitrogen and oxygen atoms in total. The van der Waals surface area contributed by atoms with Crippen LogP contribution in [0.4, 0.5) is 0 Å². The van der Waals surface area contributed by atoms with Crippen molar-refractivity contribution in [3.8, 4) is 22.6 Å². The van der Waals surface area contributed by atoms with Crippen molar-refractivity contribution in [3.63, 3.8) is 0 Å². The van der Waals surface area contributed by atoms with E-state index in [1.54, 1.807) is 20.3 Å². The highest BCUT2D eigenvalue weighted by Gasteiger charge is 2.27. The Labute approximate surface area is 183 Å². The molecule has 2 aromatic carbocycles. The third-order valence-corrected chi connectivity index (χ3v) is 5.84. The fourth-order valence-electron chi connectivity index (χ4n) is 4.20. The molecule has 5 heteroatoms. The fraction of sp³-hybridized carbons (Fsp3) is 0.308. The molecule has 1 aliphatic heterocycles. The molecule has 3 aromatic rings. The van der Waals surface area contributed by atoms with Crippen LogP contribution in [0.25, 0.3) is 11.1 Å². The molecule has 31 heavy (non-hydrogen) atoms. The van der Waals surface area contributed by atoms with E-state index >= 15 is 0 Å². The van der Waals surface area contributed by atoms with Crippen LogP contribution in [-0.4, -0.2) is 43.1 Å². The van der Waals surface area contributed by atoms with E-state index in [0.717, 1.165) is 47.7 Å². The molecule has 0 saturated carbocycles. The van der Waals surface area contributed by atoms with Gasteiger partial charge in [-0.15, -0.1) is 0 Å². The maximum Gasteiger partial charge on any atom is 0.254 e. The number of aromatic nitrogens is 1. The Kier molecular flexibility index (Phi) is 6.21. The SMILES string of the molecule is COc1ccc(-c2cc(C)nc([C@@H]3CCCN(C(=O)c4cccc(OC)c4)C3)c2)cc1. The number of methoxy groups -OCH3 is 2. The zero-order valence-electron chi connectivity index (χ0n) is 18.3. The minimum Gasteiger partial charge on any atom is -0.497 e. The van der Waals surface area contributed by atoms with Gasteiger partial charge in [0.05, 0.1) is 14.2 Å². The third kappa shape index (κ3) is 4.71. The van der Waals surface area contributed by atoms with Crippen molar-refractivity contribution in [2.45, 2.75) is 25.7 Å². The zero-order valence-corrected chi connectivity index (χ0v) is 18.3. The van der Waals surface area contributed by atoms with Gasteiger partial charge in [0.1, 0.15) is 11.5 Å². The highest BCUT2D eigenvalue weighted by atomic mass is 16.5. The maximum absolute atomic E-state index is 13.1. The Hall–Kier alpha value is -3.34. The summed E-state index contributed by atoms with van der Waals surface area (Å²) in [6.07, 6.45) is 1.99. The lowest BCUT2D eigenvalue weighted by Gasteiger charge is -2.33. The van der Waals surface area contributed by atoms with Crippen molar-refractivity contribution in [3.05, 3.63) is 77.6 Å². The number of piperidine rings is 1. The number of hydrogen-bond donors (Lipinski definition) is 0. The van der Waals surface area contributed by atoms with Crippen molar-refractivity contribution < 1.29 is 14.3 Å². The summed E-state index contributed by atoms with van der Waals surface area (Å²) < 4.78 is 10.6. The number of likely N-dealkylation sites (tertiary alicyclic amines) is 1. The minimum absolute atomic E-state index is 0.0478. The predicted octanol–water partition coefficient (Wildman–Crippen LogP) is 5.09. The van der Waals surface area contributed by atoms with Gasteiger partial charge < -0.3 is 14.4 Å². The number of ether oxygens (including phenoxy) is 2. The van der Waals surface area contributed by atoms with Crippen LogP contribution < -0.4 is 9.47 Å². The smallest absolute Gasteiger partial charge is 0.254 e. The van der Waals surface area contributed by atoms with Gasteiger partial charge in [-0.2, -0.15) is 0 Å². The Morgan fingerprint density at radius 2 is 1.74 bits per heavy atom. The Bertz CT molecular complexity index is 1060. The van der Waals surface area contributed by atoms with Gasteiger partial charge in [0, 0.05) is 36.0 Å². The van der Waals surface area contributed by atoms with E-state index in [1.807, 2.05) is 42.2 Å². The number of pyridine rings is 1. The highest BCUT2D eigenvalue weighted by molar-refractivity contribution is 5.94. The van der Waals surface area contributed by atoms with Gasteiger partial charge in [-0.1, -0.05) is 18.2 Å². The predicted molar refractivity (Wildman–Crippen MR) is 122 cm³/mol. The molecule has 4 rings (SSSR count). The van der Waals surface area contributed by atoms with Crippen LogP contribution in [0.5, 0.6) is 11.5 Å². The number of amides is 1. The second kappa shape index (κ2) is 9.21. The van der Waals surface area contributed by atoms with Crippen LogP contribution >= 0.6 is 0 Å². The molecule has 1 saturated heterocycles. The molecule has 2 heterocycles. The Morgan fingerprint density at radius 3 is 2.48 bits per heavy atom. The fourth-order valence-corrected chi connectivity index (χ4v) is 4.20. The van der Waals surface area contributed by atoms with Gasteiger partial charge in [0.2, 0.25) is 0 Å². The summed E-state index contributed by atoms with van der Waals surface area (Å²) in [7, 11) is 3.29. The largest absolute Gasteiger partial charge is 0.497 e. The van der Waals surface area contributed by atoms with Crippen LogP contribution in [0.1, 0.15) is 40.5 Å². The number of carbonyl (C=O) groups excluding carboxylic acids is 1. The summed E-state index contributed by atoms with van der Waals surface area (Å²) in [6, 6.07) is 19.7. The lowest BCUT2D eigenvalue weighted by atomic mass is 9.91. The number of benzene rings is 2. The standard InChI is InChI=1S/C26H28N2O3/c1-18-14-22(19-9-11-23(30-2)12-10-19)16-25(27-18)21-7-5-13-28(17-21)26(29)20-6-4-8-24(15-20)31-3/h4,6,8-12,14-16,21H,5,7,13,17H2,1-3H3/t21-/m1/s1. The lowest BCUT2D eigenvalue weighted by molar-refractivity contribution is 0.0705. The average molecular weight is 417 g/mol. The molecule has 160 valence electrons. The molecular weight excluding hydrogens is 388 g/mol. The summed E-state index contributed by atoms with van der Waals surface area (Å²) in [5, 5.41) is 0. The molecular formula is C26H28N2O3. The minimum atomic E-state index is 0.0478. The topological polar surface area (TPSA) is 51.7 Å². The van der Waals surface area contributed by atoms with E-state index in [4.69, 9.17) is 14.5 Å². The molecule has 0 aliphatic carbocycles. The van der Waals surface area contributed by atoms with Gasteiger partial charge in [0.25, 0.3) is 5.91 Å². The molecule has 0 bridgehead atoms. The molecule has 0 radical (unpaired) electrons. The van der Waals surface area contributed by atoms with Crippen molar-refractivity contribution in [2.24, 2.45) is 0 Å². The quantitative estimate of drug-likeness (QED) is 0.581. The first-order valence-corrected chi connectivity index (χ1v) is 10.6. The summed E-state index contributed by atoms with van der Waals surface area (Å²) in [5.74, 6) is 1.81. The molecule has 1 fully saturated rings. The summed E-state index contributed by atoms with van der Waals surface area (Å²) >= 11 is 0. The molecule has 0 unspecified atom stereocenters. The van der Waals surface area contributed by atoms with Gasteiger partial charge in [0.15, 0.2) is 0 Å². The first-order valence-electron chi connectivity index (χ1n) is 10.6. The Balaban J connectivity index is 1.56.